The molecule has 1 saturated carbocycles. The van der Waals surface area contributed by atoms with Gasteiger partial charge in [0.1, 0.15) is 0 Å². The molecule has 0 aromatic carbocycles. The molecule has 2 N–H and O–H groups in total. The summed E-state index contributed by atoms with van der Waals surface area (Å²) in [4.78, 5) is 2.46. The second-order valence-corrected chi connectivity index (χ2v) is 6.17. The lowest BCUT2D eigenvalue weighted by atomic mass is 9.80. The van der Waals surface area contributed by atoms with E-state index in [4.69, 9.17) is 5.73 Å². The highest BCUT2D eigenvalue weighted by Gasteiger charge is 2.26. The zero-order chi connectivity index (χ0) is 10.8. The Morgan fingerprint density at radius 1 is 1.29 bits per heavy atom. The second kappa shape index (κ2) is 4.63. The van der Waals surface area contributed by atoms with Crippen molar-refractivity contribution in [3.63, 3.8) is 0 Å². The summed E-state index contributed by atoms with van der Waals surface area (Å²) in [5.41, 5.74) is 6.23. The zero-order valence-corrected chi connectivity index (χ0v) is 10.2. The highest BCUT2D eigenvalue weighted by Crippen LogP contribution is 2.26. The van der Waals surface area contributed by atoms with Gasteiger partial charge in [0.15, 0.2) is 0 Å². The first-order valence-corrected chi connectivity index (χ1v) is 5.81. The molecule has 1 rings (SSSR count). The molecule has 1 aliphatic carbocycles. The minimum Gasteiger partial charge on any atom is -0.328 e. The maximum absolute atomic E-state index is 5.77. The van der Waals surface area contributed by atoms with Crippen LogP contribution in [0.25, 0.3) is 0 Å². The van der Waals surface area contributed by atoms with Crippen molar-refractivity contribution in [1.29, 1.82) is 0 Å². The fourth-order valence-electron chi connectivity index (χ4n) is 1.99. The first-order chi connectivity index (χ1) is 6.37. The van der Waals surface area contributed by atoms with Gasteiger partial charge in [-0.3, -0.25) is 0 Å². The Morgan fingerprint density at radius 3 is 2.29 bits per heavy atom. The first-order valence-electron chi connectivity index (χ1n) is 5.81. The van der Waals surface area contributed by atoms with Gasteiger partial charge in [0.25, 0.3) is 0 Å². The number of hydrogen-bond donors (Lipinski definition) is 1. The number of nitrogens with two attached hydrogens (primary N) is 1. The van der Waals surface area contributed by atoms with E-state index in [9.17, 15) is 0 Å². The smallest absolute Gasteiger partial charge is 0.00450 e. The van der Waals surface area contributed by atoms with E-state index in [2.05, 4.69) is 32.7 Å². The van der Waals surface area contributed by atoms with Crippen LogP contribution in [0.1, 0.15) is 40.0 Å². The molecule has 0 saturated heterocycles. The van der Waals surface area contributed by atoms with Crippen molar-refractivity contribution in [1.82, 2.24) is 4.90 Å². The molecule has 1 fully saturated rings. The molecular formula is C12H26N2. The summed E-state index contributed by atoms with van der Waals surface area (Å²) in [7, 11) is 2.23. The third-order valence-corrected chi connectivity index (χ3v) is 3.09. The zero-order valence-electron chi connectivity index (χ0n) is 10.2. The molecule has 0 aliphatic heterocycles. The number of hydrogen-bond acceptors (Lipinski definition) is 2. The van der Waals surface area contributed by atoms with Gasteiger partial charge in [-0.1, -0.05) is 20.8 Å². The van der Waals surface area contributed by atoms with Crippen molar-refractivity contribution in [3.05, 3.63) is 0 Å². The maximum Gasteiger partial charge on any atom is 0.00450 e. The molecule has 0 aromatic rings. The van der Waals surface area contributed by atoms with Crippen LogP contribution in [0, 0.1) is 11.3 Å². The van der Waals surface area contributed by atoms with Crippen LogP contribution in [0.2, 0.25) is 0 Å². The van der Waals surface area contributed by atoms with Gasteiger partial charge >= 0.3 is 0 Å². The Balaban J connectivity index is 2.07. The third kappa shape index (κ3) is 4.43. The Labute approximate surface area is 88.8 Å². The van der Waals surface area contributed by atoms with Crippen molar-refractivity contribution in [2.24, 2.45) is 17.1 Å². The topological polar surface area (TPSA) is 29.3 Å². The third-order valence-electron chi connectivity index (χ3n) is 3.09. The van der Waals surface area contributed by atoms with Crippen LogP contribution < -0.4 is 5.73 Å². The highest BCUT2D eigenvalue weighted by molar-refractivity contribution is 4.83. The van der Waals surface area contributed by atoms with Gasteiger partial charge in [-0.15, -0.1) is 0 Å². The number of rotatable bonds is 4. The predicted molar refractivity (Wildman–Crippen MR) is 62.3 cm³/mol. The van der Waals surface area contributed by atoms with Crippen LogP contribution >= 0.6 is 0 Å². The summed E-state index contributed by atoms with van der Waals surface area (Å²) in [6.07, 6.45) is 3.75. The van der Waals surface area contributed by atoms with E-state index in [0.29, 0.717) is 11.5 Å². The second-order valence-electron chi connectivity index (χ2n) is 6.17. The Hall–Kier alpha value is -0.0800. The van der Waals surface area contributed by atoms with Crippen LogP contribution in [-0.2, 0) is 0 Å². The van der Waals surface area contributed by atoms with Gasteiger partial charge < -0.3 is 10.6 Å². The van der Waals surface area contributed by atoms with Gasteiger partial charge in [-0.25, -0.2) is 0 Å². The van der Waals surface area contributed by atoms with E-state index < -0.39 is 0 Å². The Morgan fingerprint density at radius 2 is 1.86 bits per heavy atom. The molecule has 14 heavy (non-hydrogen) atoms. The van der Waals surface area contributed by atoms with E-state index in [0.717, 1.165) is 5.92 Å². The quantitative estimate of drug-likeness (QED) is 0.749. The summed E-state index contributed by atoms with van der Waals surface area (Å²) < 4.78 is 0. The van der Waals surface area contributed by atoms with Gasteiger partial charge in [0.2, 0.25) is 0 Å². The molecule has 0 spiro atoms. The van der Waals surface area contributed by atoms with Crippen molar-refractivity contribution >= 4 is 0 Å². The first kappa shape index (κ1) is 12.0. The summed E-state index contributed by atoms with van der Waals surface area (Å²) in [6, 6.07) is 0.496. The normalized spacial score (nSPS) is 27.9. The van der Waals surface area contributed by atoms with E-state index in [1.165, 1.54) is 32.4 Å². The average molecular weight is 198 g/mol. The van der Waals surface area contributed by atoms with Crippen molar-refractivity contribution in [3.8, 4) is 0 Å². The van der Waals surface area contributed by atoms with Crippen molar-refractivity contribution in [2.75, 3.05) is 20.1 Å². The van der Waals surface area contributed by atoms with E-state index in [-0.39, 0.29) is 0 Å². The van der Waals surface area contributed by atoms with Crippen molar-refractivity contribution < 1.29 is 0 Å². The SMILES string of the molecule is CN(CCC(C)(C)C)CC1CC(N)C1. The van der Waals surface area contributed by atoms with Crippen LogP contribution in [0.4, 0.5) is 0 Å². The summed E-state index contributed by atoms with van der Waals surface area (Å²) in [5.74, 6) is 0.870. The highest BCUT2D eigenvalue weighted by atomic mass is 15.1. The fourth-order valence-corrected chi connectivity index (χ4v) is 1.99. The monoisotopic (exact) mass is 198 g/mol. The van der Waals surface area contributed by atoms with Crippen LogP contribution in [-0.4, -0.2) is 31.1 Å². The predicted octanol–water partition coefficient (Wildman–Crippen LogP) is 2.09. The van der Waals surface area contributed by atoms with Gasteiger partial charge in [0.05, 0.1) is 0 Å². The van der Waals surface area contributed by atoms with Gasteiger partial charge in [-0.2, -0.15) is 0 Å². The molecule has 2 heteroatoms. The van der Waals surface area contributed by atoms with E-state index >= 15 is 0 Å². The molecule has 0 heterocycles. The number of nitrogens with zero attached hydrogens (tertiary/aromatic N) is 1. The Bertz CT molecular complexity index is 166. The fraction of sp³-hybridized carbons (Fsp3) is 1.00. The molecule has 0 unspecified atom stereocenters. The molecule has 2 nitrogen and oxygen atoms in total. The lowest BCUT2D eigenvalue weighted by molar-refractivity contribution is 0.169. The lowest BCUT2D eigenvalue weighted by Crippen LogP contribution is -2.42. The van der Waals surface area contributed by atoms with Gasteiger partial charge in [-0.05, 0) is 44.2 Å². The lowest BCUT2D eigenvalue weighted by Gasteiger charge is -2.36. The molecule has 0 amide bonds. The molecule has 0 atom stereocenters. The molecule has 0 bridgehead atoms. The maximum atomic E-state index is 5.77. The van der Waals surface area contributed by atoms with Crippen LogP contribution in [0.5, 0.6) is 0 Å². The summed E-state index contributed by atoms with van der Waals surface area (Å²) in [6.45, 7) is 9.37. The minimum atomic E-state index is 0.463. The minimum absolute atomic E-state index is 0.463. The molecule has 1 aliphatic rings. The summed E-state index contributed by atoms with van der Waals surface area (Å²) in [5, 5.41) is 0. The van der Waals surface area contributed by atoms with E-state index in [1.807, 2.05) is 0 Å². The largest absolute Gasteiger partial charge is 0.328 e. The molecule has 0 aromatic heterocycles. The van der Waals surface area contributed by atoms with Crippen LogP contribution in [0.15, 0.2) is 0 Å². The average Bonchev–Trinajstić information content (AvgIpc) is 1.97. The molecule has 0 radical (unpaired) electrons. The van der Waals surface area contributed by atoms with Crippen LogP contribution in [0.3, 0.4) is 0 Å². The molecule has 84 valence electrons. The van der Waals surface area contributed by atoms with E-state index in [1.54, 1.807) is 0 Å². The molecular weight excluding hydrogens is 172 g/mol. The standard InChI is InChI=1S/C12H26N2/c1-12(2,3)5-6-14(4)9-10-7-11(13)8-10/h10-11H,5-9,13H2,1-4H3. The van der Waals surface area contributed by atoms with Gasteiger partial charge in [0, 0.05) is 12.6 Å². The summed E-state index contributed by atoms with van der Waals surface area (Å²) >= 11 is 0. The Kier molecular flexibility index (Phi) is 3.96. The van der Waals surface area contributed by atoms with Crippen molar-refractivity contribution in [2.45, 2.75) is 46.1 Å².